The second-order valence-corrected chi connectivity index (χ2v) is 7.18. The first-order valence-electron chi connectivity index (χ1n) is 7.07. The van der Waals surface area contributed by atoms with Crippen LogP contribution in [0.5, 0.6) is 0 Å². The number of aromatic nitrogens is 2. The number of hydrogen-bond acceptors (Lipinski definition) is 4. The van der Waals surface area contributed by atoms with Crippen LogP contribution in [0.3, 0.4) is 0 Å². The molecule has 0 saturated carbocycles. The standard InChI is InChI=1S/C16H14BrN3S/c17-12-4-5-13-14(9-12)21-16(19-13)11-3-6-15(18-10-11)20-7-1-2-8-20/h3-6,9-10H,1-2,7-8H2. The molecule has 0 bridgehead atoms. The van der Waals surface area contributed by atoms with Gasteiger partial charge in [0.05, 0.1) is 10.2 Å². The Morgan fingerprint density at radius 3 is 2.71 bits per heavy atom. The van der Waals surface area contributed by atoms with Crippen LogP contribution in [-0.4, -0.2) is 23.1 Å². The summed E-state index contributed by atoms with van der Waals surface area (Å²) in [6.45, 7) is 2.25. The van der Waals surface area contributed by atoms with Crippen molar-refractivity contribution in [3.05, 3.63) is 41.0 Å². The minimum atomic E-state index is 1.03. The lowest BCUT2D eigenvalue weighted by Gasteiger charge is -2.15. The predicted molar refractivity (Wildman–Crippen MR) is 92.0 cm³/mol. The molecule has 0 amide bonds. The zero-order valence-corrected chi connectivity index (χ0v) is 13.8. The number of halogens is 1. The topological polar surface area (TPSA) is 29.0 Å². The van der Waals surface area contributed by atoms with Crippen molar-refractivity contribution in [2.45, 2.75) is 12.8 Å². The van der Waals surface area contributed by atoms with E-state index in [-0.39, 0.29) is 0 Å². The van der Waals surface area contributed by atoms with Crippen molar-refractivity contribution in [2.75, 3.05) is 18.0 Å². The second-order valence-electron chi connectivity index (χ2n) is 5.23. The van der Waals surface area contributed by atoms with Crippen molar-refractivity contribution in [3.8, 4) is 10.6 Å². The number of pyridine rings is 1. The van der Waals surface area contributed by atoms with Gasteiger partial charge in [-0.2, -0.15) is 0 Å². The fraction of sp³-hybridized carbons (Fsp3) is 0.250. The van der Waals surface area contributed by atoms with Crippen molar-refractivity contribution < 1.29 is 0 Å². The van der Waals surface area contributed by atoms with Crippen molar-refractivity contribution in [1.29, 1.82) is 0 Å². The van der Waals surface area contributed by atoms with Gasteiger partial charge in [-0.1, -0.05) is 15.9 Å². The van der Waals surface area contributed by atoms with Crippen molar-refractivity contribution in [3.63, 3.8) is 0 Å². The molecule has 0 atom stereocenters. The largest absolute Gasteiger partial charge is 0.357 e. The van der Waals surface area contributed by atoms with Gasteiger partial charge in [0.1, 0.15) is 10.8 Å². The summed E-state index contributed by atoms with van der Waals surface area (Å²) in [5.74, 6) is 1.08. The zero-order valence-electron chi connectivity index (χ0n) is 11.4. The highest BCUT2D eigenvalue weighted by atomic mass is 79.9. The molecule has 0 N–H and O–H groups in total. The third kappa shape index (κ3) is 2.56. The lowest BCUT2D eigenvalue weighted by atomic mass is 10.3. The van der Waals surface area contributed by atoms with Gasteiger partial charge < -0.3 is 4.90 Å². The van der Waals surface area contributed by atoms with Gasteiger partial charge in [0.25, 0.3) is 0 Å². The van der Waals surface area contributed by atoms with Crippen LogP contribution < -0.4 is 4.90 Å². The molecule has 4 rings (SSSR count). The smallest absolute Gasteiger partial charge is 0.128 e. The summed E-state index contributed by atoms with van der Waals surface area (Å²) in [6.07, 6.45) is 4.49. The Labute approximate surface area is 135 Å². The molecular formula is C16H14BrN3S. The molecule has 2 aromatic heterocycles. The Morgan fingerprint density at radius 1 is 1.10 bits per heavy atom. The fourth-order valence-corrected chi connectivity index (χ4v) is 4.18. The van der Waals surface area contributed by atoms with Gasteiger partial charge in [-0.05, 0) is 43.2 Å². The summed E-state index contributed by atoms with van der Waals surface area (Å²) in [7, 11) is 0. The molecule has 3 aromatic rings. The average Bonchev–Trinajstić information content (AvgIpc) is 3.16. The van der Waals surface area contributed by atoms with E-state index >= 15 is 0 Å². The van der Waals surface area contributed by atoms with Crippen LogP contribution in [-0.2, 0) is 0 Å². The van der Waals surface area contributed by atoms with Crippen molar-refractivity contribution in [2.24, 2.45) is 0 Å². The highest BCUT2D eigenvalue weighted by Crippen LogP contribution is 2.32. The van der Waals surface area contributed by atoms with Crippen LogP contribution in [0.2, 0.25) is 0 Å². The number of nitrogens with zero attached hydrogens (tertiary/aromatic N) is 3. The Hall–Kier alpha value is -1.46. The number of anilines is 1. The van der Waals surface area contributed by atoms with Crippen molar-refractivity contribution >= 4 is 43.3 Å². The third-order valence-corrected chi connectivity index (χ3v) is 5.34. The maximum atomic E-state index is 4.70. The van der Waals surface area contributed by atoms with Crippen molar-refractivity contribution in [1.82, 2.24) is 9.97 Å². The van der Waals surface area contributed by atoms with E-state index < -0.39 is 0 Å². The van der Waals surface area contributed by atoms with Gasteiger partial charge in [-0.25, -0.2) is 9.97 Å². The van der Waals surface area contributed by atoms with E-state index in [1.165, 1.54) is 17.5 Å². The monoisotopic (exact) mass is 359 g/mol. The molecule has 0 radical (unpaired) electrons. The number of benzene rings is 1. The summed E-state index contributed by atoms with van der Waals surface area (Å²) < 4.78 is 2.29. The molecule has 5 heteroatoms. The summed E-state index contributed by atoms with van der Waals surface area (Å²) in [6, 6.07) is 10.4. The Morgan fingerprint density at radius 2 is 1.95 bits per heavy atom. The van der Waals surface area contributed by atoms with Gasteiger partial charge in [0, 0.05) is 29.3 Å². The number of rotatable bonds is 2. The molecule has 1 aromatic carbocycles. The third-order valence-electron chi connectivity index (χ3n) is 3.78. The molecule has 1 aliphatic heterocycles. The van der Waals surface area contributed by atoms with E-state index in [0.717, 1.165) is 39.5 Å². The van der Waals surface area contributed by atoms with Crippen LogP contribution in [0.1, 0.15) is 12.8 Å². The molecular weight excluding hydrogens is 346 g/mol. The Kier molecular flexibility index (Phi) is 3.39. The maximum absolute atomic E-state index is 4.70. The quantitative estimate of drug-likeness (QED) is 0.662. The van der Waals surface area contributed by atoms with E-state index in [1.807, 2.05) is 18.3 Å². The van der Waals surface area contributed by atoms with Crippen LogP contribution in [0.25, 0.3) is 20.8 Å². The van der Waals surface area contributed by atoms with Gasteiger partial charge in [0.15, 0.2) is 0 Å². The number of thiazole rings is 1. The zero-order chi connectivity index (χ0) is 14.2. The van der Waals surface area contributed by atoms with Gasteiger partial charge in [0.2, 0.25) is 0 Å². The predicted octanol–water partition coefficient (Wildman–Crippen LogP) is 4.72. The summed E-state index contributed by atoms with van der Waals surface area (Å²) in [5, 5.41) is 1.03. The van der Waals surface area contributed by atoms with E-state index in [9.17, 15) is 0 Å². The summed E-state index contributed by atoms with van der Waals surface area (Å²) in [5.41, 5.74) is 2.14. The maximum Gasteiger partial charge on any atom is 0.128 e. The van der Waals surface area contributed by atoms with Crippen LogP contribution in [0, 0.1) is 0 Å². The molecule has 3 heterocycles. The van der Waals surface area contributed by atoms with Gasteiger partial charge >= 0.3 is 0 Å². The van der Waals surface area contributed by atoms with Gasteiger partial charge in [-0.3, -0.25) is 0 Å². The average molecular weight is 360 g/mol. The highest BCUT2D eigenvalue weighted by molar-refractivity contribution is 9.10. The summed E-state index contributed by atoms with van der Waals surface area (Å²) >= 11 is 5.21. The van der Waals surface area contributed by atoms with Crippen LogP contribution in [0.15, 0.2) is 41.0 Å². The molecule has 1 aliphatic rings. The lowest BCUT2D eigenvalue weighted by molar-refractivity contribution is 0.938. The molecule has 1 saturated heterocycles. The second kappa shape index (κ2) is 5.39. The fourth-order valence-electron chi connectivity index (χ4n) is 2.67. The number of fused-ring (bicyclic) bond motifs is 1. The minimum Gasteiger partial charge on any atom is -0.357 e. The van der Waals surface area contributed by atoms with Crippen LogP contribution in [0.4, 0.5) is 5.82 Å². The molecule has 3 nitrogen and oxygen atoms in total. The van der Waals surface area contributed by atoms with E-state index in [4.69, 9.17) is 4.98 Å². The van der Waals surface area contributed by atoms with Crippen LogP contribution >= 0.6 is 27.3 Å². The molecule has 1 fully saturated rings. The lowest BCUT2D eigenvalue weighted by Crippen LogP contribution is -2.18. The van der Waals surface area contributed by atoms with E-state index in [1.54, 1.807) is 11.3 Å². The Bertz CT molecular complexity index is 776. The first-order chi connectivity index (χ1) is 10.3. The SMILES string of the molecule is Brc1ccc2nc(-c3ccc(N4CCCC4)nc3)sc2c1. The van der Waals surface area contributed by atoms with E-state index in [2.05, 4.69) is 44.0 Å². The summed E-state index contributed by atoms with van der Waals surface area (Å²) in [4.78, 5) is 11.6. The molecule has 0 aliphatic carbocycles. The molecule has 0 unspecified atom stereocenters. The first kappa shape index (κ1) is 13.2. The molecule has 106 valence electrons. The van der Waals surface area contributed by atoms with E-state index in [0.29, 0.717) is 0 Å². The van der Waals surface area contributed by atoms with Gasteiger partial charge in [-0.15, -0.1) is 11.3 Å². The molecule has 0 spiro atoms. The molecule has 21 heavy (non-hydrogen) atoms. The highest BCUT2D eigenvalue weighted by Gasteiger charge is 2.14. The Balaban J connectivity index is 1.67. The number of hydrogen-bond donors (Lipinski definition) is 0. The normalized spacial score (nSPS) is 15.0. The minimum absolute atomic E-state index is 1.03. The first-order valence-corrected chi connectivity index (χ1v) is 8.68.